The maximum atomic E-state index is 11.6. The molecule has 1 fully saturated rings. The summed E-state index contributed by atoms with van der Waals surface area (Å²) in [4.78, 5) is 55.8. The Bertz CT molecular complexity index is 1120. The van der Waals surface area contributed by atoms with E-state index in [9.17, 15) is 43.5 Å². The molecule has 0 amide bonds. The van der Waals surface area contributed by atoms with E-state index in [1.807, 2.05) is 0 Å². The van der Waals surface area contributed by atoms with Gasteiger partial charge in [-0.05, 0) is 0 Å². The molecule has 2 aromatic heterocycles. The maximum absolute atomic E-state index is 11.6. The molecule has 0 spiro atoms. The summed E-state index contributed by atoms with van der Waals surface area (Å²) in [6.07, 6.45) is -3.92. The van der Waals surface area contributed by atoms with Gasteiger partial charge in [0.05, 0.1) is 12.9 Å². The van der Waals surface area contributed by atoms with Crippen molar-refractivity contribution in [1.82, 2.24) is 24.4 Å². The van der Waals surface area contributed by atoms with Crippen LogP contribution in [0.15, 0.2) is 12.7 Å². The van der Waals surface area contributed by atoms with E-state index in [4.69, 9.17) is 10.5 Å². The van der Waals surface area contributed by atoms with Crippen molar-refractivity contribution in [2.45, 2.75) is 24.5 Å². The summed E-state index contributed by atoms with van der Waals surface area (Å²) in [7, 11) is -17.5. The number of imidazole rings is 1. The molecule has 0 bridgehead atoms. The number of nitrogens with two attached hydrogens (primary N) is 1. The summed E-state index contributed by atoms with van der Waals surface area (Å²) in [5.74, 6) is 0.0254. The molecular weight excluding hydrogens is 517 g/mol. The third-order valence-electron chi connectivity index (χ3n) is 3.85. The minimum Gasteiger partial charge on any atom is -0.799 e. The minimum absolute atomic E-state index is 0. The number of nitrogen functional groups attached to an aromatic ring is 1. The monoisotopic (exact) mass is 530 g/mol. The first-order valence-corrected chi connectivity index (χ1v) is 12.5. The van der Waals surface area contributed by atoms with Gasteiger partial charge in [0.25, 0.3) is 7.82 Å². The zero-order valence-corrected chi connectivity index (χ0v) is 21.5. The molecule has 5 N–H and O–H groups in total. The van der Waals surface area contributed by atoms with Gasteiger partial charge in [-0.1, -0.05) is 0 Å². The summed E-state index contributed by atoms with van der Waals surface area (Å²) in [5, 5.41) is 20.3. The van der Waals surface area contributed by atoms with E-state index in [2.05, 4.69) is 23.8 Å². The van der Waals surface area contributed by atoms with Gasteiger partial charge >= 0.3 is 75.4 Å². The summed E-state index contributed by atoms with van der Waals surface area (Å²) >= 11 is 0. The average molecular weight is 530 g/mol. The van der Waals surface area contributed by atoms with E-state index in [1.54, 1.807) is 0 Å². The number of hydrogen-bond donors (Lipinski definition) is 4. The Kier molecular flexibility index (Phi) is 15.7. The molecular formula is C10H13Li4N6O12P3. The normalized spacial score (nSPS) is 25.2. The number of ether oxygens (including phenoxy) is 1. The topological polar surface area (TPSA) is 293 Å². The van der Waals surface area contributed by atoms with Crippen molar-refractivity contribution < 1.29 is 132 Å². The number of nitrogens with zero attached hydrogens (tertiary/aromatic N) is 4. The van der Waals surface area contributed by atoms with Crippen LogP contribution in [0.4, 0.5) is 5.82 Å². The number of aromatic nitrogens is 4. The first-order chi connectivity index (χ1) is 14.2. The molecule has 0 radical (unpaired) electrons. The fourth-order valence-electron chi connectivity index (χ4n) is 2.64. The second-order valence-electron chi connectivity index (χ2n) is 6.05. The van der Waals surface area contributed by atoms with Crippen molar-refractivity contribution in [1.29, 1.82) is 0 Å². The van der Waals surface area contributed by atoms with Crippen molar-refractivity contribution in [2.75, 3.05) is 12.3 Å². The number of nitrogens with one attached hydrogen (secondary N) is 1. The van der Waals surface area contributed by atoms with Crippen LogP contribution < -0.4 is 106 Å². The Labute approximate surface area is 245 Å². The first-order valence-electron chi connectivity index (χ1n) is 7.93. The van der Waals surface area contributed by atoms with Gasteiger partial charge in [0.15, 0.2) is 17.7 Å². The summed E-state index contributed by atoms with van der Waals surface area (Å²) in [6, 6.07) is 0. The Morgan fingerprint density at radius 1 is 1.06 bits per heavy atom. The van der Waals surface area contributed by atoms with Crippen LogP contribution in [0.25, 0.3) is 11.2 Å². The largest absolute Gasteiger partial charge is 1.00 e. The van der Waals surface area contributed by atoms with E-state index in [0.29, 0.717) is 4.86 Å². The molecule has 2 aromatic rings. The number of rotatable bonds is 8. The van der Waals surface area contributed by atoms with Gasteiger partial charge < -0.3 is 49.3 Å². The van der Waals surface area contributed by atoms with Gasteiger partial charge in [-0.25, -0.2) is 19.8 Å². The van der Waals surface area contributed by atoms with Gasteiger partial charge in [-0.3, -0.25) is 18.0 Å². The average Bonchev–Trinajstić information content (AvgIpc) is 3.13. The van der Waals surface area contributed by atoms with Gasteiger partial charge in [-0.15, -0.1) is 0 Å². The second-order valence-corrected chi connectivity index (χ2v) is 10.6. The predicted octanol–water partition coefficient (Wildman–Crippen LogP) is -16.6. The van der Waals surface area contributed by atoms with Crippen molar-refractivity contribution in [2.24, 2.45) is 0 Å². The van der Waals surface area contributed by atoms with E-state index < -0.39 is 54.5 Å². The third kappa shape index (κ3) is 9.93. The molecule has 3 rings (SSSR count). The molecule has 1 saturated heterocycles. The zero-order chi connectivity index (χ0) is 23.2. The second kappa shape index (κ2) is 14.4. The van der Waals surface area contributed by atoms with Crippen LogP contribution in [0.1, 0.15) is 6.23 Å². The number of aliphatic hydroxyl groups is 2. The Balaban J connectivity index is 0. The summed E-state index contributed by atoms with van der Waals surface area (Å²) < 4.78 is 47.6. The van der Waals surface area contributed by atoms with Crippen LogP contribution in [-0.2, 0) is 27.3 Å². The molecule has 1 aliphatic heterocycles. The number of anilines is 1. The fourth-order valence-corrected chi connectivity index (χ4v) is 5.89. The summed E-state index contributed by atoms with van der Waals surface area (Å²) in [6.45, 7) is -1.05. The molecule has 6 unspecified atom stereocenters. The molecule has 25 heteroatoms. The van der Waals surface area contributed by atoms with Crippen LogP contribution in [0.2, 0.25) is 0 Å². The smallest absolute Gasteiger partial charge is 0.799 e. The molecule has 0 aromatic carbocycles. The van der Waals surface area contributed by atoms with Gasteiger partial charge in [0, 0.05) is 7.75 Å². The van der Waals surface area contributed by atoms with Crippen LogP contribution in [-0.4, -0.2) is 54.7 Å². The van der Waals surface area contributed by atoms with E-state index in [-0.39, 0.29) is 92.4 Å². The number of hydrogen-bond acceptors (Lipinski definition) is 16. The van der Waals surface area contributed by atoms with Crippen LogP contribution >= 0.6 is 23.3 Å². The van der Waals surface area contributed by atoms with Crippen molar-refractivity contribution >= 4 is 40.3 Å². The minimum atomic E-state index is -5.89. The SMILES string of the molecule is Nc1ncnc2c1ncn2C1OC(COP(=O)([O-])OP(=O)([O-])NP(=O)([O-])[O-])C(O)C1O.[Li+].[Li+].[Li+].[Li+]. The van der Waals surface area contributed by atoms with Crippen molar-refractivity contribution in [3.05, 3.63) is 12.7 Å². The molecule has 3 heterocycles. The molecule has 35 heavy (non-hydrogen) atoms. The maximum Gasteiger partial charge on any atom is 1.00 e. The third-order valence-corrected chi connectivity index (χ3v) is 7.93. The molecule has 1 aliphatic rings. The van der Waals surface area contributed by atoms with Crippen LogP contribution in [0, 0.1) is 0 Å². The molecule has 18 nitrogen and oxygen atoms in total. The van der Waals surface area contributed by atoms with Gasteiger partial charge in [-0.2, -0.15) is 0 Å². The van der Waals surface area contributed by atoms with Crippen molar-refractivity contribution in [3.8, 4) is 0 Å². The van der Waals surface area contributed by atoms with Crippen LogP contribution in [0.3, 0.4) is 0 Å². The number of aliphatic hydroxyl groups excluding tert-OH is 2. The standard InChI is InChI=1S/C10H17N6O12P3.4Li/c11-8-5-9(13-2-12-8)16(3-14-5)10-7(18)6(17)4(27-10)1-26-31(24,25)28-30(22,23)15-29(19,20)21;;;;/h2-4,6-7,10,17-18H,1H2,(H,24,25)(H2,11,12,13)(H4,15,19,20,21,22,23);;;;/q;4*+1/p-4. The molecule has 0 aliphatic carbocycles. The fraction of sp³-hybridized carbons (Fsp3) is 0.500. The number of fused-ring (bicyclic) bond motifs is 1. The molecule has 6 atom stereocenters. The first kappa shape index (κ1) is 38.2. The van der Waals surface area contributed by atoms with Crippen LogP contribution in [0.5, 0.6) is 0 Å². The number of phosphoric ester groups is 1. The number of phosphoric acid groups is 1. The Morgan fingerprint density at radius 3 is 2.23 bits per heavy atom. The van der Waals surface area contributed by atoms with Gasteiger partial charge in [0.2, 0.25) is 7.75 Å². The van der Waals surface area contributed by atoms with E-state index in [0.717, 1.165) is 6.33 Å². The molecule has 174 valence electrons. The van der Waals surface area contributed by atoms with Gasteiger partial charge in [0.1, 0.15) is 30.2 Å². The van der Waals surface area contributed by atoms with E-state index >= 15 is 0 Å². The van der Waals surface area contributed by atoms with Crippen molar-refractivity contribution in [3.63, 3.8) is 0 Å². The zero-order valence-electron chi connectivity index (χ0n) is 18.9. The predicted molar refractivity (Wildman–Crippen MR) is 88.7 cm³/mol. The van der Waals surface area contributed by atoms with E-state index in [1.165, 1.54) is 10.9 Å². The molecule has 0 saturated carbocycles. The quantitative estimate of drug-likeness (QED) is 0.182. The Morgan fingerprint density at radius 2 is 1.66 bits per heavy atom. The summed E-state index contributed by atoms with van der Waals surface area (Å²) in [5.41, 5.74) is 5.94. The Hall–Kier alpha value is 1.03.